The Morgan fingerprint density at radius 2 is 1.81 bits per heavy atom. The molecule has 0 radical (unpaired) electrons. The Balaban J connectivity index is 2.35. The number of hydrogen-bond donors (Lipinski definition) is 0. The lowest BCUT2D eigenvalue weighted by Crippen LogP contribution is -2.57. The number of carbonyl (C=O) groups is 2. The Morgan fingerprint density at radius 3 is 2.35 bits per heavy atom. The van der Waals surface area contributed by atoms with Crippen molar-refractivity contribution >= 4 is 22.1 Å². The summed E-state index contributed by atoms with van der Waals surface area (Å²) in [5.74, 6) is -0.722. The second-order valence-electron chi connectivity index (χ2n) is 8.00. The van der Waals surface area contributed by atoms with E-state index in [1.165, 1.54) is 4.90 Å². The number of carbonyl (C=O) groups excluding carboxylic acids is 2. The number of benzene rings is 1. The molecule has 1 aliphatic heterocycles. The second-order valence-corrected chi connectivity index (χ2v) is 9.89. The lowest BCUT2D eigenvalue weighted by Gasteiger charge is -2.40. The Labute approximate surface area is 178 Å². The summed E-state index contributed by atoms with van der Waals surface area (Å²) >= 11 is 0. The minimum absolute atomic E-state index is 0.0508. The Kier molecular flexibility index (Phi) is 7.26. The molecule has 1 aromatic rings. The van der Waals surface area contributed by atoms with Crippen LogP contribution in [-0.4, -0.2) is 68.1 Å². The van der Waals surface area contributed by atoms with E-state index in [-0.39, 0.29) is 26.1 Å². The van der Waals surface area contributed by atoms with Crippen LogP contribution in [0.3, 0.4) is 0 Å². The zero-order valence-corrected chi connectivity index (χ0v) is 18.4. The first-order valence-corrected chi connectivity index (χ1v) is 10.8. The van der Waals surface area contributed by atoms with Gasteiger partial charge < -0.3 is 14.4 Å². The summed E-state index contributed by atoms with van der Waals surface area (Å²) in [7, 11) is -3.26. The highest BCUT2D eigenvalue weighted by Gasteiger charge is 2.40. The molecule has 1 amide bonds. The molecule has 1 fully saturated rings. The number of ether oxygens (including phenoxy) is 2. The van der Waals surface area contributed by atoms with Crippen molar-refractivity contribution in [3.05, 3.63) is 29.8 Å². The SMILES string of the molecule is COC(=O)C[C@H]1CN(C(=O)OC(C)(C)C)CCN1S(=O)(=O)c1cccc(C(F)(F)F)c1. The molecular formula is C19H25F3N2O6S. The van der Waals surface area contributed by atoms with Gasteiger partial charge in [-0.1, -0.05) is 6.07 Å². The van der Waals surface area contributed by atoms with Gasteiger partial charge in [0.15, 0.2) is 0 Å². The molecule has 2 rings (SSSR count). The van der Waals surface area contributed by atoms with E-state index in [0.29, 0.717) is 6.07 Å². The summed E-state index contributed by atoms with van der Waals surface area (Å²) in [6, 6.07) is 2.34. The van der Waals surface area contributed by atoms with Gasteiger partial charge in [-0.05, 0) is 39.0 Å². The van der Waals surface area contributed by atoms with E-state index >= 15 is 0 Å². The van der Waals surface area contributed by atoms with Crippen molar-refractivity contribution in [3.63, 3.8) is 0 Å². The van der Waals surface area contributed by atoms with Crippen LogP contribution >= 0.6 is 0 Å². The van der Waals surface area contributed by atoms with Crippen molar-refractivity contribution in [3.8, 4) is 0 Å². The summed E-state index contributed by atoms with van der Waals surface area (Å²) in [5.41, 5.74) is -1.89. The molecule has 31 heavy (non-hydrogen) atoms. The first-order valence-electron chi connectivity index (χ1n) is 9.39. The van der Waals surface area contributed by atoms with Crippen LogP contribution in [0.4, 0.5) is 18.0 Å². The quantitative estimate of drug-likeness (QED) is 0.634. The average molecular weight is 466 g/mol. The standard InChI is InChI=1S/C19H25F3N2O6S/c1-18(2,3)30-17(26)23-8-9-24(14(12-23)11-16(25)29-4)31(27,28)15-7-5-6-13(10-15)19(20,21)22/h5-7,10,14H,8-9,11-12H2,1-4H3/t14-/m0/s1. The molecule has 0 spiro atoms. The molecule has 1 aromatic carbocycles. The third-order valence-corrected chi connectivity index (χ3v) is 6.43. The molecule has 1 atom stereocenters. The predicted octanol–water partition coefficient (Wildman–Crippen LogP) is 2.88. The van der Waals surface area contributed by atoms with Crippen molar-refractivity contribution in [1.82, 2.24) is 9.21 Å². The first-order chi connectivity index (χ1) is 14.1. The molecule has 1 aliphatic rings. The van der Waals surface area contributed by atoms with Crippen LogP contribution in [-0.2, 0) is 30.5 Å². The highest BCUT2D eigenvalue weighted by molar-refractivity contribution is 7.89. The summed E-state index contributed by atoms with van der Waals surface area (Å²) in [4.78, 5) is 25.0. The van der Waals surface area contributed by atoms with E-state index in [1.54, 1.807) is 20.8 Å². The van der Waals surface area contributed by atoms with Crippen LogP contribution in [0, 0.1) is 0 Å². The maximum absolute atomic E-state index is 13.1. The van der Waals surface area contributed by atoms with Crippen molar-refractivity contribution in [1.29, 1.82) is 0 Å². The minimum atomic E-state index is -4.72. The molecule has 0 N–H and O–H groups in total. The molecule has 174 valence electrons. The van der Waals surface area contributed by atoms with Crippen molar-refractivity contribution in [2.75, 3.05) is 26.7 Å². The summed E-state index contributed by atoms with van der Waals surface area (Å²) in [6.45, 7) is 4.56. The lowest BCUT2D eigenvalue weighted by atomic mass is 10.1. The largest absolute Gasteiger partial charge is 0.469 e. The van der Waals surface area contributed by atoms with Gasteiger partial charge in [-0.2, -0.15) is 17.5 Å². The molecule has 1 saturated heterocycles. The number of sulfonamides is 1. The fourth-order valence-electron chi connectivity index (χ4n) is 3.06. The fourth-order valence-corrected chi connectivity index (χ4v) is 4.71. The number of nitrogens with zero attached hydrogens (tertiary/aromatic N) is 2. The zero-order chi connectivity index (χ0) is 23.6. The van der Waals surface area contributed by atoms with E-state index in [0.717, 1.165) is 29.6 Å². The second kappa shape index (κ2) is 9.03. The number of rotatable bonds is 4. The van der Waals surface area contributed by atoms with Gasteiger partial charge in [0.05, 0.1) is 30.0 Å². The maximum atomic E-state index is 13.1. The third-order valence-electron chi connectivity index (χ3n) is 4.48. The van der Waals surface area contributed by atoms with Gasteiger partial charge in [0.2, 0.25) is 10.0 Å². The lowest BCUT2D eigenvalue weighted by molar-refractivity contribution is -0.142. The average Bonchev–Trinajstić information content (AvgIpc) is 2.65. The molecule has 0 bridgehead atoms. The van der Waals surface area contributed by atoms with Gasteiger partial charge in [-0.3, -0.25) is 4.79 Å². The molecule has 0 unspecified atom stereocenters. The van der Waals surface area contributed by atoms with Gasteiger partial charge in [0, 0.05) is 19.6 Å². The Bertz CT molecular complexity index is 927. The smallest absolute Gasteiger partial charge is 0.416 e. The number of amides is 1. The van der Waals surface area contributed by atoms with Crippen LogP contribution in [0.1, 0.15) is 32.8 Å². The van der Waals surface area contributed by atoms with E-state index in [1.807, 2.05) is 0 Å². The van der Waals surface area contributed by atoms with Gasteiger partial charge in [0.25, 0.3) is 0 Å². The fraction of sp³-hybridized carbons (Fsp3) is 0.579. The number of alkyl halides is 3. The van der Waals surface area contributed by atoms with Gasteiger partial charge >= 0.3 is 18.2 Å². The summed E-state index contributed by atoms with van der Waals surface area (Å²) in [6.07, 6.45) is -5.78. The predicted molar refractivity (Wildman–Crippen MR) is 104 cm³/mol. The van der Waals surface area contributed by atoms with Gasteiger partial charge in [0.1, 0.15) is 5.60 Å². The first kappa shape index (κ1) is 24.9. The third kappa shape index (κ3) is 6.33. The Hall–Kier alpha value is -2.34. The van der Waals surface area contributed by atoms with Crippen molar-refractivity contribution in [2.45, 2.75) is 49.9 Å². The van der Waals surface area contributed by atoms with Crippen molar-refractivity contribution in [2.24, 2.45) is 0 Å². The molecule has 1 heterocycles. The van der Waals surface area contributed by atoms with E-state index in [9.17, 15) is 31.2 Å². The van der Waals surface area contributed by atoms with Gasteiger partial charge in [-0.15, -0.1) is 0 Å². The maximum Gasteiger partial charge on any atom is 0.416 e. The zero-order valence-electron chi connectivity index (χ0n) is 17.6. The van der Waals surface area contributed by atoms with Crippen LogP contribution in [0.5, 0.6) is 0 Å². The topological polar surface area (TPSA) is 93.2 Å². The number of esters is 1. The number of methoxy groups -OCH3 is 1. The minimum Gasteiger partial charge on any atom is -0.469 e. The molecule has 0 aromatic heterocycles. The van der Waals surface area contributed by atoms with E-state index in [4.69, 9.17) is 4.74 Å². The monoisotopic (exact) mass is 466 g/mol. The highest BCUT2D eigenvalue weighted by atomic mass is 32.2. The highest BCUT2D eigenvalue weighted by Crippen LogP contribution is 2.32. The van der Waals surface area contributed by atoms with Crippen LogP contribution in [0.15, 0.2) is 29.2 Å². The summed E-state index contributed by atoms with van der Waals surface area (Å²) in [5, 5.41) is 0. The normalized spacial score (nSPS) is 18.5. The number of halogens is 3. The van der Waals surface area contributed by atoms with Gasteiger partial charge in [-0.25, -0.2) is 13.2 Å². The summed E-state index contributed by atoms with van der Waals surface area (Å²) < 4.78 is 76.2. The number of hydrogen-bond acceptors (Lipinski definition) is 6. The molecule has 0 aliphatic carbocycles. The molecular weight excluding hydrogens is 441 g/mol. The van der Waals surface area contributed by atoms with E-state index in [2.05, 4.69) is 4.74 Å². The molecule has 8 nitrogen and oxygen atoms in total. The molecule has 0 saturated carbocycles. The van der Waals surface area contributed by atoms with Crippen LogP contribution in [0.25, 0.3) is 0 Å². The molecule has 12 heteroatoms. The van der Waals surface area contributed by atoms with Crippen molar-refractivity contribution < 1.29 is 40.7 Å². The Morgan fingerprint density at radius 1 is 1.16 bits per heavy atom. The van der Waals surface area contributed by atoms with Crippen LogP contribution < -0.4 is 0 Å². The number of piperazine rings is 1. The van der Waals surface area contributed by atoms with E-state index < -0.39 is 50.4 Å². The van der Waals surface area contributed by atoms with Crippen LogP contribution in [0.2, 0.25) is 0 Å².